The van der Waals surface area contributed by atoms with E-state index in [9.17, 15) is 14.4 Å². The summed E-state index contributed by atoms with van der Waals surface area (Å²) in [5.41, 5.74) is 5.11. The number of rotatable bonds is 3. The van der Waals surface area contributed by atoms with Crippen molar-refractivity contribution in [3.05, 3.63) is 0 Å². The fraction of sp³-hybridized carbons (Fsp3) is 0.786. The van der Waals surface area contributed by atoms with E-state index >= 15 is 0 Å². The van der Waals surface area contributed by atoms with E-state index in [2.05, 4.69) is 0 Å². The molecule has 0 spiro atoms. The summed E-state index contributed by atoms with van der Waals surface area (Å²) in [5.74, 6) is -0.963. The Kier molecular flexibility index (Phi) is 18.8. The van der Waals surface area contributed by atoms with E-state index in [1.807, 2.05) is 46.9 Å². The topological polar surface area (TPSA) is 113 Å². The molecule has 1 aliphatic heterocycles. The molecule has 4 N–H and O–H groups in total. The maximum atomic E-state index is 11.5. The van der Waals surface area contributed by atoms with Gasteiger partial charge in [0.05, 0.1) is 0 Å². The van der Waals surface area contributed by atoms with Crippen LogP contribution in [0.1, 0.15) is 54.4 Å². The summed E-state index contributed by atoms with van der Waals surface area (Å²) in [6.07, 6.45) is -0.00113. The van der Waals surface area contributed by atoms with E-state index in [0.717, 1.165) is 0 Å². The second-order valence-corrected chi connectivity index (χ2v) is 3.31. The number of nitrogens with one attached hydrogen (secondary N) is 1. The van der Waals surface area contributed by atoms with E-state index in [4.69, 9.17) is 10.8 Å². The quantitative estimate of drug-likeness (QED) is 0.738. The van der Waals surface area contributed by atoms with Gasteiger partial charge in [0, 0.05) is 6.54 Å². The average Bonchev–Trinajstić information content (AvgIpc) is 3.01. The predicted molar refractivity (Wildman–Crippen MR) is 84.0 cm³/mol. The normalized spacial score (nSPS) is 15.1. The molecular formula is C14H31N3O4. The molecule has 3 amide bonds. The second-order valence-electron chi connectivity index (χ2n) is 3.31. The van der Waals surface area contributed by atoms with Crippen molar-refractivity contribution >= 4 is 17.9 Å². The highest BCUT2D eigenvalue weighted by atomic mass is 16.4. The number of carbonyl (C=O) groups excluding carboxylic acids is 2. The van der Waals surface area contributed by atoms with Gasteiger partial charge in [-0.05, 0) is 12.8 Å². The maximum Gasteiger partial charge on any atom is 0.405 e. The van der Waals surface area contributed by atoms with Crippen molar-refractivity contribution in [2.75, 3.05) is 13.1 Å². The minimum absolute atomic E-state index is 0.320. The molecule has 7 heteroatoms. The molecule has 1 atom stereocenters. The molecule has 126 valence electrons. The number of primary amides is 1. The van der Waals surface area contributed by atoms with Crippen LogP contribution in [0.4, 0.5) is 4.79 Å². The molecule has 1 heterocycles. The highest BCUT2D eigenvalue weighted by molar-refractivity contribution is 5.89. The first-order valence-corrected chi connectivity index (χ1v) is 7.58. The molecule has 1 rings (SSSR count). The van der Waals surface area contributed by atoms with Gasteiger partial charge in [0.25, 0.3) is 0 Å². The van der Waals surface area contributed by atoms with Crippen LogP contribution in [0.2, 0.25) is 0 Å². The number of likely N-dealkylation sites (tertiary alicyclic amines) is 1. The van der Waals surface area contributed by atoms with Crippen molar-refractivity contribution in [2.45, 2.75) is 60.4 Å². The van der Waals surface area contributed by atoms with Gasteiger partial charge >= 0.3 is 6.09 Å². The monoisotopic (exact) mass is 305 g/mol. The van der Waals surface area contributed by atoms with Crippen LogP contribution >= 0.6 is 0 Å². The Morgan fingerprint density at radius 1 is 1.14 bits per heavy atom. The highest BCUT2D eigenvalue weighted by Crippen LogP contribution is 2.16. The SMILES string of the molecule is CC.CC.CC.NC(=O)[C@@H]1CCCN1C(=O)CNC(=O)O. The standard InChI is InChI=1S/C8H13N3O4.3C2H6/c9-7(13)5-2-1-3-11(5)6(12)4-10-8(14)15;3*1-2/h5,10H,1-4H2,(H2,9,13)(H,14,15);3*1-2H3/t5-;;;/m0.../s1. The number of carboxylic acid groups (broad SMARTS) is 1. The van der Waals surface area contributed by atoms with Gasteiger partial charge in [-0.25, -0.2) is 4.79 Å². The summed E-state index contributed by atoms with van der Waals surface area (Å²) in [6, 6.07) is -0.590. The molecule has 0 bridgehead atoms. The van der Waals surface area contributed by atoms with Gasteiger partial charge in [-0.15, -0.1) is 0 Å². The first-order valence-electron chi connectivity index (χ1n) is 7.58. The Morgan fingerprint density at radius 3 is 2.00 bits per heavy atom. The summed E-state index contributed by atoms with van der Waals surface area (Å²) in [5, 5.41) is 10.3. The van der Waals surface area contributed by atoms with Gasteiger partial charge in [-0.2, -0.15) is 0 Å². The summed E-state index contributed by atoms with van der Waals surface area (Å²) in [4.78, 5) is 33.9. The molecule has 1 aliphatic rings. The lowest BCUT2D eigenvalue weighted by molar-refractivity contribution is -0.136. The highest BCUT2D eigenvalue weighted by Gasteiger charge is 2.32. The summed E-state index contributed by atoms with van der Waals surface area (Å²) in [6.45, 7) is 12.1. The molecular weight excluding hydrogens is 274 g/mol. The molecule has 0 radical (unpaired) electrons. The van der Waals surface area contributed by atoms with Gasteiger partial charge in [0.1, 0.15) is 12.6 Å². The number of amides is 3. The Hall–Kier alpha value is -1.79. The van der Waals surface area contributed by atoms with Crippen LogP contribution in [0, 0.1) is 0 Å². The van der Waals surface area contributed by atoms with Gasteiger partial charge < -0.3 is 21.1 Å². The Bertz CT molecular complexity index is 296. The van der Waals surface area contributed by atoms with Crippen LogP contribution in [0.25, 0.3) is 0 Å². The largest absolute Gasteiger partial charge is 0.465 e. The molecule has 0 saturated carbocycles. The van der Waals surface area contributed by atoms with Crippen LogP contribution in [0.3, 0.4) is 0 Å². The summed E-state index contributed by atoms with van der Waals surface area (Å²) in [7, 11) is 0. The van der Waals surface area contributed by atoms with Gasteiger partial charge in [0.2, 0.25) is 11.8 Å². The number of hydrogen-bond acceptors (Lipinski definition) is 3. The molecule has 0 aromatic carbocycles. The third-order valence-electron chi connectivity index (χ3n) is 2.29. The molecule has 0 aliphatic carbocycles. The lowest BCUT2D eigenvalue weighted by Gasteiger charge is -2.21. The third kappa shape index (κ3) is 10.6. The Labute approximate surface area is 127 Å². The van der Waals surface area contributed by atoms with E-state index in [1.165, 1.54) is 4.90 Å². The molecule has 0 unspecified atom stereocenters. The first-order chi connectivity index (χ1) is 10.0. The van der Waals surface area contributed by atoms with Crippen molar-refractivity contribution in [1.82, 2.24) is 10.2 Å². The average molecular weight is 305 g/mol. The predicted octanol–water partition coefficient (Wildman–Crippen LogP) is 1.81. The molecule has 0 aromatic heterocycles. The van der Waals surface area contributed by atoms with E-state index in [-0.39, 0.29) is 6.54 Å². The van der Waals surface area contributed by atoms with Crippen molar-refractivity contribution in [3.63, 3.8) is 0 Å². The van der Waals surface area contributed by atoms with Gasteiger partial charge in [-0.3, -0.25) is 9.59 Å². The number of hydrogen-bond donors (Lipinski definition) is 3. The smallest absolute Gasteiger partial charge is 0.405 e. The van der Waals surface area contributed by atoms with E-state index in [0.29, 0.717) is 19.4 Å². The molecule has 7 nitrogen and oxygen atoms in total. The fourth-order valence-electron chi connectivity index (χ4n) is 1.61. The zero-order chi connectivity index (χ0) is 17.4. The summed E-state index contributed by atoms with van der Waals surface area (Å²) < 4.78 is 0. The van der Waals surface area contributed by atoms with Gasteiger partial charge in [0.15, 0.2) is 0 Å². The fourth-order valence-corrected chi connectivity index (χ4v) is 1.61. The van der Waals surface area contributed by atoms with Crippen molar-refractivity contribution in [3.8, 4) is 0 Å². The minimum Gasteiger partial charge on any atom is -0.465 e. The second kappa shape index (κ2) is 16.3. The Balaban J connectivity index is -0.000000478. The van der Waals surface area contributed by atoms with Crippen molar-refractivity contribution in [2.24, 2.45) is 5.73 Å². The van der Waals surface area contributed by atoms with E-state index < -0.39 is 23.9 Å². The van der Waals surface area contributed by atoms with Crippen molar-refractivity contribution in [1.29, 1.82) is 0 Å². The van der Waals surface area contributed by atoms with Crippen LogP contribution in [0.5, 0.6) is 0 Å². The van der Waals surface area contributed by atoms with Crippen molar-refractivity contribution < 1.29 is 19.5 Å². The van der Waals surface area contributed by atoms with Gasteiger partial charge in [-0.1, -0.05) is 41.5 Å². The molecule has 1 saturated heterocycles. The molecule has 21 heavy (non-hydrogen) atoms. The number of carbonyl (C=O) groups is 3. The zero-order valence-corrected chi connectivity index (χ0v) is 14.1. The van der Waals surface area contributed by atoms with E-state index in [1.54, 1.807) is 0 Å². The zero-order valence-electron chi connectivity index (χ0n) is 14.1. The van der Waals surface area contributed by atoms with Crippen LogP contribution in [0.15, 0.2) is 0 Å². The van der Waals surface area contributed by atoms with Crippen LogP contribution in [-0.4, -0.2) is 47.0 Å². The lowest BCUT2D eigenvalue weighted by atomic mass is 10.2. The minimum atomic E-state index is -1.27. The third-order valence-corrected chi connectivity index (χ3v) is 2.29. The first kappa shape index (κ1) is 24.2. The maximum absolute atomic E-state index is 11.5. The number of nitrogens with two attached hydrogens (primary N) is 1. The Morgan fingerprint density at radius 2 is 1.62 bits per heavy atom. The van der Waals surface area contributed by atoms with Crippen LogP contribution in [-0.2, 0) is 9.59 Å². The number of nitrogens with zero attached hydrogens (tertiary/aromatic N) is 1. The molecule has 1 fully saturated rings. The van der Waals surface area contributed by atoms with Crippen LogP contribution < -0.4 is 11.1 Å². The summed E-state index contributed by atoms with van der Waals surface area (Å²) >= 11 is 0. The lowest BCUT2D eigenvalue weighted by Crippen LogP contribution is -2.47. The molecule has 0 aromatic rings.